The van der Waals surface area contributed by atoms with Gasteiger partial charge in [-0.1, -0.05) is 11.6 Å². The summed E-state index contributed by atoms with van der Waals surface area (Å²) in [6.07, 6.45) is -4.34. The number of aromatic nitrogens is 2. The first kappa shape index (κ1) is 12.2. The molecule has 15 heavy (non-hydrogen) atoms. The van der Waals surface area contributed by atoms with Crippen LogP contribution in [0, 0.1) is 6.92 Å². The summed E-state index contributed by atoms with van der Waals surface area (Å²) in [6, 6.07) is 1.51. The molecule has 1 aromatic rings. The standard InChI is InChI=1S/C8H8ClF3N2O/c1-5-2-6(9)14-7(13-5)3-15-4-8(10,11)12/h2H,3-4H2,1H3. The van der Waals surface area contributed by atoms with Crippen LogP contribution in [-0.2, 0) is 11.3 Å². The highest BCUT2D eigenvalue weighted by Crippen LogP contribution is 2.15. The van der Waals surface area contributed by atoms with E-state index < -0.39 is 12.8 Å². The van der Waals surface area contributed by atoms with Gasteiger partial charge in [0.2, 0.25) is 0 Å². The number of ether oxygens (including phenoxy) is 1. The third-order valence-corrected chi connectivity index (χ3v) is 1.56. The first-order chi connectivity index (χ1) is 6.87. The van der Waals surface area contributed by atoms with E-state index >= 15 is 0 Å². The van der Waals surface area contributed by atoms with Gasteiger partial charge in [0.1, 0.15) is 18.4 Å². The molecule has 1 aromatic heterocycles. The van der Waals surface area contributed by atoms with Gasteiger partial charge in [-0.25, -0.2) is 9.97 Å². The molecule has 7 heteroatoms. The molecule has 0 bridgehead atoms. The number of halogens is 4. The third-order valence-electron chi connectivity index (χ3n) is 1.37. The van der Waals surface area contributed by atoms with E-state index in [2.05, 4.69) is 14.7 Å². The number of rotatable bonds is 3. The van der Waals surface area contributed by atoms with Crippen LogP contribution in [0.2, 0.25) is 5.15 Å². The van der Waals surface area contributed by atoms with Gasteiger partial charge in [0, 0.05) is 5.69 Å². The number of aryl methyl sites for hydroxylation is 1. The zero-order chi connectivity index (χ0) is 11.5. The van der Waals surface area contributed by atoms with Crippen LogP contribution in [0.1, 0.15) is 11.5 Å². The van der Waals surface area contributed by atoms with Gasteiger partial charge >= 0.3 is 6.18 Å². The molecular formula is C8H8ClF3N2O. The molecule has 0 spiro atoms. The SMILES string of the molecule is Cc1cc(Cl)nc(COCC(F)(F)F)n1. The molecule has 0 aliphatic rings. The molecule has 0 aliphatic heterocycles. The zero-order valence-electron chi connectivity index (χ0n) is 7.81. The van der Waals surface area contributed by atoms with Crippen molar-refractivity contribution in [2.24, 2.45) is 0 Å². The predicted molar refractivity (Wildman–Crippen MR) is 47.5 cm³/mol. The van der Waals surface area contributed by atoms with E-state index in [1.54, 1.807) is 6.92 Å². The fraction of sp³-hybridized carbons (Fsp3) is 0.500. The second-order valence-corrected chi connectivity index (χ2v) is 3.24. The van der Waals surface area contributed by atoms with Gasteiger partial charge < -0.3 is 4.74 Å². The fourth-order valence-electron chi connectivity index (χ4n) is 0.911. The van der Waals surface area contributed by atoms with Crippen LogP contribution in [0.15, 0.2) is 6.07 Å². The van der Waals surface area contributed by atoms with Crippen molar-refractivity contribution in [1.29, 1.82) is 0 Å². The minimum atomic E-state index is -4.34. The van der Waals surface area contributed by atoms with Crippen molar-refractivity contribution in [3.63, 3.8) is 0 Å². The number of hydrogen-bond donors (Lipinski definition) is 0. The first-order valence-electron chi connectivity index (χ1n) is 4.01. The second kappa shape index (κ2) is 4.76. The highest BCUT2D eigenvalue weighted by atomic mass is 35.5. The van der Waals surface area contributed by atoms with Crippen molar-refractivity contribution in [1.82, 2.24) is 9.97 Å². The van der Waals surface area contributed by atoms with Gasteiger partial charge in [-0.05, 0) is 13.0 Å². The average molecular weight is 241 g/mol. The topological polar surface area (TPSA) is 35.0 Å². The van der Waals surface area contributed by atoms with Crippen molar-refractivity contribution in [3.05, 3.63) is 22.7 Å². The summed E-state index contributed by atoms with van der Waals surface area (Å²) in [5, 5.41) is 0.188. The molecule has 0 atom stereocenters. The molecule has 1 rings (SSSR count). The predicted octanol–water partition coefficient (Wildman–Crippen LogP) is 2.52. The molecular weight excluding hydrogens is 233 g/mol. The smallest absolute Gasteiger partial charge is 0.364 e. The summed E-state index contributed by atoms with van der Waals surface area (Å²) in [4.78, 5) is 7.58. The van der Waals surface area contributed by atoms with E-state index in [9.17, 15) is 13.2 Å². The molecule has 84 valence electrons. The van der Waals surface area contributed by atoms with Crippen molar-refractivity contribution in [2.75, 3.05) is 6.61 Å². The highest BCUT2D eigenvalue weighted by molar-refractivity contribution is 6.29. The van der Waals surface area contributed by atoms with E-state index in [4.69, 9.17) is 11.6 Å². The Morgan fingerprint density at radius 3 is 2.60 bits per heavy atom. The maximum Gasteiger partial charge on any atom is 0.411 e. The van der Waals surface area contributed by atoms with Crippen LogP contribution in [0.4, 0.5) is 13.2 Å². The summed E-state index contributed by atoms with van der Waals surface area (Å²) in [5.74, 6) is 0.143. The minimum absolute atomic E-state index is 0.143. The summed E-state index contributed by atoms with van der Waals surface area (Å²) in [5.41, 5.74) is 0.584. The van der Waals surface area contributed by atoms with E-state index in [1.165, 1.54) is 6.07 Å². The Hall–Kier alpha value is -0.880. The summed E-state index contributed by atoms with van der Waals surface area (Å²) >= 11 is 5.59. The molecule has 0 unspecified atom stereocenters. The summed E-state index contributed by atoms with van der Waals surface area (Å²) in [6.45, 7) is 0.0453. The molecule has 0 aliphatic carbocycles. The third kappa shape index (κ3) is 4.94. The Balaban J connectivity index is 2.51. The van der Waals surface area contributed by atoms with E-state index in [-0.39, 0.29) is 17.6 Å². The second-order valence-electron chi connectivity index (χ2n) is 2.86. The van der Waals surface area contributed by atoms with Gasteiger partial charge in [-0.3, -0.25) is 0 Å². The summed E-state index contributed by atoms with van der Waals surface area (Å²) < 4.78 is 39.6. The fourth-order valence-corrected chi connectivity index (χ4v) is 1.17. The Labute approximate surface area is 89.2 Å². The molecule has 0 saturated carbocycles. The molecule has 3 nitrogen and oxygen atoms in total. The van der Waals surface area contributed by atoms with Crippen molar-refractivity contribution in [3.8, 4) is 0 Å². The first-order valence-corrected chi connectivity index (χ1v) is 4.39. The van der Waals surface area contributed by atoms with E-state index in [0.29, 0.717) is 5.69 Å². The van der Waals surface area contributed by atoms with Crippen molar-refractivity contribution >= 4 is 11.6 Å². The zero-order valence-corrected chi connectivity index (χ0v) is 8.56. The van der Waals surface area contributed by atoms with Crippen molar-refractivity contribution < 1.29 is 17.9 Å². The van der Waals surface area contributed by atoms with Gasteiger partial charge in [0.15, 0.2) is 5.82 Å². The monoisotopic (exact) mass is 240 g/mol. The van der Waals surface area contributed by atoms with Crippen molar-refractivity contribution in [2.45, 2.75) is 19.7 Å². The number of alkyl halides is 3. The van der Waals surface area contributed by atoms with Gasteiger partial charge in [-0.2, -0.15) is 13.2 Å². The molecule has 0 aromatic carbocycles. The molecule has 1 heterocycles. The Morgan fingerprint density at radius 2 is 2.07 bits per heavy atom. The molecule has 0 N–H and O–H groups in total. The summed E-state index contributed by atoms with van der Waals surface area (Å²) in [7, 11) is 0. The lowest BCUT2D eigenvalue weighted by Crippen LogP contribution is -2.17. The average Bonchev–Trinajstić information content (AvgIpc) is 1.99. The van der Waals surface area contributed by atoms with Crippen LogP contribution in [0.5, 0.6) is 0 Å². The molecule has 0 fully saturated rings. The van der Waals surface area contributed by atoms with Gasteiger partial charge in [-0.15, -0.1) is 0 Å². The van der Waals surface area contributed by atoms with Crippen LogP contribution in [-0.4, -0.2) is 22.8 Å². The van der Waals surface area contributed by atoms with Gasteiger partial charge in [0.25, 0.3) is 0 Å². The lowest BCUT2D eigenvalue weighted by molar-refractivity contribution is -0.177. The lowest BCUT2D eigenvalue weighted by Gasteiger charge is -2.07. The largest absolute Gasteiger partial charge is 0.411 e. The highest BCUT2D eigenvalue weighted by Gasteiger charge is 2.27. The van der Waals surface area contributed by atoms with Crippen LogP contribution in [0.25, 0.3) is 0 Å². The minimum Gasteiger partial charge on any atom is -0.364 e. The maximum absolute atomic E-state index is 11.7. The van der Waals surface area contributed by atoms with Crippen LogP contribution >= 0.6 is 11.6 Å². The molecule has 0 amide bonds. The normalized spacial score (nSPS) is 11.8. The Bertz CT molecular complexity index is 323. The van der Waals surface area contributed by atoms with E-state index in [0.717, 1.165) is 0 Å². The van der Waals surface area contributed by atoms with E-state index in [1.807, 2.05) is 0 Å². The maximum atomic E-state index is 11.7. The quantitative estimate of drug-likeness (QED) is 0.762. The molecule has 0 saturated heterocycles. The number of hydrogen-bond acceptors (Lipinski definition) is 3. The lowest BCUT2D eigenvalue weighted by atomic mass is 10.4. The Kier molecular flexibility index (Phi) is 3.87. The van der Waals surface area contributed by atoms with Gasteiger partial charge in [0.05, 0.1) is 0 Å². The van der Waals surface area contributed by atoms with Crippen LogP contribution in [0.3, 0.4) is 0 Å². The molecule has 0 radical (unpaired) electrons. The Morgan fingerprint density at radius 1 is 1.40 bits per heavy atom. The number of nitrogens with zero attached hydrogens (tertiary/aromatic N) is 2. The van der Waals surface area contributed by atoms with Crippen LogP contribution < -0.4 is 0 Å².